The van der Waals surface area contributed by atoms with E-state index in [4.69, 9.17) is 11.6 Å². The highest BCUT2D eigenvalue weighted by atomic mass is 35.5. The SMILES string of the molecule is Cn1ccnc1[C@@H](NC(=O)CCCn1cncn1)c1ccc(Cl)cc1. The quantitative estimate of drug-likeness (QED) is 0.703. The van der Waals surface area contributed by atoms with Crippen LogP contribution in [0.5, 0.6) is 0 Å². The summed E-state index contributed by atoms with van der Waals surface area (Å²) in [6.07, 6.45) is 7.78. The van der Waals surface area contributed by atoms with E-state index >= 15 is 0 Å². The lowest BCUT2D eigenvalue weighted by Gasteiger charge is -2.19. The highest BCUT2D eigenvalue weighted by Crippen LogP contribution is 2.22. The van der Waals surface area contributed by atoms with Gasteiger partial charge in [-0.05, 0) is 24.1 Å². The van der Waals surface area contributed by atoms with Gasteiger partial charge in [0.1, 0.15) is 24.5 Å². The predicted molar refractivity (Wildman–Crippen MR) is 93.9 cm³/mol. The molecule has 8 heteroatoms. The molecule has 1 N–H and O–H groups in total. The number of imidazole rings is 1. The summed E-state index contributed by atoms with van der Waals surface area (Å²) < 4.78 is 3.61. The number of benzene rings is 1. The number of amides is 1. The van der Waals surface area contributed by atoms with Crippen molar-refractivity contribution in [2.75, 3.05) is 0 Å². The van der Waals surface area contributed by atoms with Crippen LogP contribution in [0.4, 0.5) is 0 Å². The molecule has 0 bridgehead atoms. The van der Waals surface area contributed by atoms with Gasteiger partial charge < -0.3 is 9.88 Å². The number of halogens is 1. The Morgan fingerprint density at radius 1 is 1.32 bits per heavy atom. The van der Waals surface area contributed by atoms with Crippen molar-refractivity contribution in [1.29, 1.82) is 0 Å². The minimum Gasteiger partial charge on any atom is -0.342 e. The van der Waals surface area contributed by atoms with E-state index in [1.54, 1.807) is 17.2 Å². The molecule has 0 aliphatic rings. The lowest BCUT2D eigenvalue weighted by Crippen LogP contribution is -2.31. The zero-order valence-electron chi connectivity index (χ0n) is 13.8. The Morgan fingerprint density at radius 2 is 2.12 bits per heavy atom. The summed E-state index contributed by atoms with van der Waals surface area (Å²) >= 11 is 5.97. The van der Waals surface area contributed by atoms with Crippen LogP contribution in [0.1, 0.15) is 30.3 Å². The fourth-order valence-corrected chi connectivity index (χ4v) is 2.72. The van der Waals surface area contributed by atoms with Crippen LogP contribution < -0.4 is 5.32 Å². The fourth-order valence-electron chi connectivity index (χ4n) is 2.59. The van der Waals surface area contributed by atoms with Gasteiger partial charge in [-0.25, -0.2) is 9.97 Å². The van der Waals surface area contributed by atoms with Crippen LogP contribution in [-0.2, 0) is 18.4 Å². The molecular formula is C17H19ClN6O. The van der Waals surface area contributed by atoms with Crippen LogP contribution in [0.3, 0.4) is 0 Å². The van der Waals surface area contributed by atoms with Crippen molar-refractivity contribution >= 4 is 17.5 Å². The first-order chi connectivity index (χ1) is 12.1. The number of rotatable bonds is 7. The van der Waals surface area contributed by atoms with Gasteiger partial charge in [0.2, 0.25) is 5.91 Å². The van der Waals surface area contributed by atoms with Crippen molar-refractivity contribution < 1.29 is 4.79 Å². The molecule has 25 heavy (non-hydrogen) atoms. The maximum absolute atomic E-state index is 12.4. The van der Waals surface area contributed by atoms with Crippen molar-refractivity contribution in [3.05, 3.63) is 65.7 Å². The lowest BCUT2D eigenvalue weighted by atomic mass is 10.1. The molecule has 2 aromatic heterocycles. The minimum atomic E-state index is -0.323. The molecule has 3 rings (SSSR count). The Hall–Kier alpha value is -2.67. The number of nitrogens with zero attached hydrogens (tertiary/aromatic N) is 5. The Labute approximate surface area is 150 Å². The molecule has 3 aromatic rings. The number of hydrogen-bond acceptors (Lipinski definition) is 4. The van der Waals surface area contributed by atoms with Crippen molar-refractivity contribution in [3.63, 3.8) is 0 Å². The molecule has 2 heterocycles. The fraction of sp³-hybridized carbons (Fsp3) is 0.294. The van der Waals surface area contributed by atoms with Crippen LogP contribution in [0.15, 0.2) is 49.3 Å². The van der Waals surface area contributed by atoms with Crippen LogP contribution in [0.25, 0.3) is 0 Å². The highest BCUT2D eigenvalue weighted by Gasteiger charge is 2.20. The minimum absolute atomic E-state index is 0.0388. The molecule has 0 aliphatic heterocycles. The first-order valence-corrected chi connectivity index (χ1v) is 8.36. The van der Waals surface area contributed by atoms with Gasteiger partial charge in [-0.2, -0.15) is 5.10 Å². The predicted octanol–water partition coefficient (Wildman–Crippen LogP) is 2.35. The standard InChI is InChI=1S/C17H19ClN6O/c1-23-10-8-20-17(23)16(13-4-6-14(18)7-5-13)22-15(25)3-2-9-24-12-19-11-21-24/h4-8,10-12,16H,2-3,9H2,1H3,(H,22,25)/t16-/m0/s1. The Balaban J connectivity index is 1.68. The van der Waals surface area contributed by atoms with E-state index in [1.807, 2.05) is 42.1 Å². The van der Waals surface area contributed by atoms with Crippen molar-refractivity contribution in [2.24, 2.45) is 7.05 Å². The first-order valence-electron chi connectivity index (χ1n) is 7.98. The van der Waals surface area contributed by atoms with Gasteiger partial charge in [0, 0.05) is 37.4 Å². The van der Waals surface area contributed by atoms with E-state index in [-0.39, 0.29) is 11.9 Å². The maximum atomic E-state index is 12.4. The molecular weight excluding hydrogens is 340 g/mol. The van der Waals surface area contributed by atoms with Crippen molar-refractivity contribution in [2.45, 2.75) is 25.4 Å². The summed E-state index contributed by atoms with van der Waals surface area (Å²) in [5, 5.41) is 7.75. The van der Waals surface area contributed by atoms with Crippen molar-refractivity contribution in [3.8, 4) is 0 Å². The number of aryl methyl sites for hydroxylation is 2. The molecule has 130 valence electrons. The van der Waals surface area contributed by atoms with Crippen LogP contribution in [0.2, 0.25) is 5.02 Å². The summed E-state index contributed by atoms with van der Waals surface area (Å²) in [4.78, 5) is 20.7. The summed E-state index contributed by atoms with van der Waals surface area (Å²) in [5.74, 6) is 0.731. The number of aromatic nitrogens is 5. The Kier molecular flexibility index (Phi) is 5.45. The molecule has 0 saturated heterocycles. The van der Waals surface area contributed by atoms with E-state index in [1.165, 1.54) is 6.33 Å². The normalized spacial score (nSPS) is 12.1. The molecule has 0 saturated carbocycles. The van der Waals surface area contributed by atoms with Crippen LogP contribution >= 0.6 is 11.6 Å². The van der Waals surface area contributed by atoms with Gasteiger partial charge in [-0.15, -0.1) is 0 Å². The molecule has 0 spiro atoms. The Morgan fingerprint density at radius 3 is 2.76 bits per heavy atom. The van der Waals surface area contributed by atoms with E-state index < -0.39 is 0 Å². The van der Waals surface area contributed by atoms with Crippen molar-refractivity contribution in [1.82, 2.24) is 29.6 Å². The molecule has 7 nitrogen and oxygen atoms in total. The van der Waals surface area contributed by atoms with Crippen LogP contribution in [-0.4, -0.2) is 30.2 Å². The average molecular weight is 359 g/mol. The van der Waals surface area contributed by atoms with Gasteiger partial charge in [-0.3, -0.25) is 9.48 Å². The third-order valence-corrected chi connectivity index (χ3v) is 4.13. The second kappa shape index (κ2) is 7.94. The van der Waals surface area contributed by atoms with E-state index in [9.17, 15) is 4.79 Å². The number of carbonyl (C=O) groups excluding carboxylic acids is 1. The van der Waals surface area contributed by atoms with Gasteiger partial charge in [-0.1, -0.05) is 23.7 Å². The summed E-state index contributed by atoms with van der Waals surface area (Å²) in [5.41, 5.74) is 0.934. The van der Waals surface area contributed by atoms with Gasteiger partial charge >= 0.3 is 0 Å². The first kappa shape index (κ1) is 17.2. The number of carbonyl (C=O) groups is 1. The smallest absolute Gasteiger partial charge is 0.220 e. The summed E-state index contributed by atoms with van der Waals surface area (Å²) in [6.45, 7) is 0.654. The molecule has 0 unspecified atom stereocenters. The molecule has 0 fully saturated rings. The second-order valence-corrected chi connectivity index (χ2v) is 6.15. The van der Waals surface area contributed by atoms with Gasteiger partial charge in [0.15, 0.2) is 0 Å². The van der Waals surface area contributed by atoms with Crippen LogP contribution in [0, 0.1) is 0 Å². The summed E-state index contributed by atoms with van der Waals surface area (Å²) in [7, 11) is 1.90. The lowest BCUT2D eigenvalue weighted by molar-refractivity contribution is -0.121. The average Bonchev–Trinajstić information content (AvgIpc) is 3.25. The largest absolute Gasteiger partial charge is 0.342 e. The third-order valence-electron chi connectivity index (χ3n) is 3.88. The zero-order chi connectivity index (χ0) is 17.6. The van der Waals surface area contributed by atoms with E-state index in [0.29, 0.717) is 24.4 Å². The third kappa shape index (κ3) is 4.45. The monoisotopic (exact) mass is 358 g/mol. The van der Waals surface area contributed by atoms with E-state index in [0.717, 1.165) is 11.4 Å². The molecule has 0 radical (unpaired) electrons. The molecule has 1 amide bonds. The maximum Gasteiger partial charge on any atom is 0.220 e. The summed E-state index contributed by atoms with van der Waals surface area (Å²) in [6, 6.07) is 7.10. The number of nitrogens with one attached hydrogen (secondary N) is 1. The topological polar surface area (TPSA) is 77.6 Å². The van der Waals surface area contributed by atoms with Gasteiger partial charge in [0.05, 0.1) is 0 Å². The zero-order valence-corrected chi connectivity index (χ0v) is 14.6. The van der Waals surface area contributed by atoms with E-state index in [2.05, 4.69) is 20.4 Å². The molecule has 1 aromatic carbocycles. The highest BCUT2D eigenvalue weighted by molar-refractivity contribution is 6.30. The molecule has 0 aliphatic carbocycles. The Bertz CT molecular complexity index is 812. The van der Waals surface area contributed by atoms with Gasteiger partial charge in [0.25, 0.3) is 0 Å². The number of hydrogen-bond donors (Lipinski definition) is 1. The second-order valence-electron chi connectivity index (χ2n) is 5.71. The molecule has 1 atom stereocenters.